The minimum Gasteiger partial charge on any atom is -0.346 e. The molecule has 3 atom stereocenters. The van der Waals surface area contributed by atoms with Crippen molar-refractivity contribution in [2.24, 2.45) is 11.8 Å². The van der Waals surface area contributed by atoms with Gasteiger partial charge in [0.2, 0.25) is 5.91 Å². The van der Waals surface area contributed by atoms with Gasteiger partial charge in [0, 0.05) is 6.04 Å². The van der Waals surface area contributed by atoms with E-state index in [1.165, 1.54) is 0 Å². The van der Waals surface area contributed by atoms with Gasteiger partial charge in [-0.15, -0.1) is 0 Å². The van der Waals surface area contributed by atoms with Crippen LogP contribution in [0.1, 0.15) is 33.1 Å². The normalized spacial score (nSPS) is 29.1. The third-order valence-corrected chi connectivity index (χ3v) is 3.44. The van der Waals surface area contributed by atoms with Gasteiger partial charge in [-0.25, -0.2) is 0 Å². The SMILES string of the molecule is CC1CCC(NCC(=O)NCC(F)(F)F)C(C)C1. The Kier molecular flexibility index (Phi) is 5.44. The van der Waals surface area contributed by atoms with Gasteiger partial charge in [0.15, 0.2) is 0 Å². The van der Waals surface area contributed by atoms with Crippen LogP contribution < -0.4 is 10.6 Å². The fraction of sp³-hybridized carbons (Fsp3) is 0.917. The highest BCUT2D eigenvalue weighted by molar-refractivity contribution is 5.78. The molecule has 106 valence electrons. The molecule has 1 fully saturated rings. The number of hydrogen-bond donors (Lipinski definition) is 2. The zero-order chi connectivity index (χ0) is 13.8. The van der Waals surface area contributed by atoms with Gasteiger partial charge in [0.05, 0.1) is 6.54 Å². The molecule has 0 aromatic rings. The molecular weight excluding hydrogens is 245 g/mol. The van der Waals surface area contributed by atoms with Crippen LogP contribution in [0.4, 0.5) is 13.2 Å². The molecule has 2 N–H and O–H groups in total. The van der Waals surface area contributed by atoms with Gasteiger partial charge in [-0.1, -0.05) is 13.8 Å². The topological polar surface area (TPSA) is 41.1 Å². The molecule has 1 saturated carbocycles. The van der Waals surface area contributed by atoms with Gasteiger partial charge < -0.3 is 10.6 Å². The van der Waals surface area contributed by atoms with Crippen molar-refractivity contribution in [2.45, 2.75) is 45.3 Å². The summed E-state index contributed by atoms with van der Waals surface area (Å²) in [5, 5.41) is 4.91. The molecule has 1 aliphatic rings. The van der Waals surface area contributed by atoms with E-state index >= 15 is 0 Å². The first-order valence-electron chi connectivity index (χ1n) is 6.34. The molecule has 0 bridgehead atoms. The largest absolute Gasteiger partial charge is 0.405 e. The minimum atomic E-state index is -4.34. The Morgan fingerprint density at radius 2 is 1.94 bits per heavy atom. The maximum absolute atomic E-state index is 11.9. The molecule has 3 unspecified atom stereocenters. The number of rotatable bonds is 4. The quantitative estimate of drug-likeness (QED) is 0.818. The molecule has 0 saturated heterocycles. The summed E-state index contributed by atoms with van der Waals surface area (Å²) in [6, 6.07) is 0.234. The summed E-state index contributed by atoms with van der Waals surface area (Å²) < 4.78 is 35.6. The van der Waals surface area contributed by atoms with Gasteiger partial charge in [-0.2, -0.15) is 13.2 Å². The first-order chi connectivity index (χ1) is 8.28. The van der Waals surface area contributed by atoms with E-state index in [1.54, 1.807) is 0 Å². The Morgan fingerprint density at radius 1 is 1.28 bits per heavy atom. The summed E-state index contributed by atoms with van der Waals surface area (Å²) in [7, 11) is 0. The molecular formula is C12H21F3N2O. The molecule has 0 aromatic heterocycles. The summed E-state index contributed by atoms with van der Waals surface area (Å²) in [6.07, 6.45) is -1.16. The highest BCUT2D eigenvalue weighted by Gasteiger charge is 2.28. The molecule has 6 heteroatoms. The third-order valence-electron chi connectivity index (χ3n) is 3.44. The van der Waals surface area contributed by atoms with E-state index in [1.807, 2.05) is 5.32 Å². The Labute approximate surface area is 106 Å². The summed E-state index contributed by atoms with van der Waals surface area (Å²) >= 11 is 0. The van der Waals surface area contributed by atoms with E-state index in [4.69, 9.17) is 0 Å². The molecule has 0 spiro atoms. The van der Waals surface area contributed by atoms with Crippen molar-refractivity contribution in [1.29, 1.82) is 0 Å². The first kappa shape index (κ1) is 15.3. The van der Waals surface area contributed by atoms with Crippen LogP contribution in [0.3, 0.4) is 0 Å². The highest BCUT2D eigenvalue weighted by atomic mass is 19.4. The van der Waals surface area contributed by atoms with Gasteiger partial charge in [0.1, 0.15) is 6.54 Å². The lowest BCUT2D eigenvalue weighted by atomic mass is 9.80. The van der Waals surface area contributed by atoms with E-state index in [0.717, 1.165) is 19.3 Å². The van der Waals surface area contributed by atoms with E-state index < -0.39 is 18.6 Å². The summed E-state index contributed by atoms with van der Waals surface area (Å²) in [5.74, 6) is 0.555. The molecule has 0 radical (unpaired) electrons. The maximum Gasteiger partial charge on any atom is 0.405 e. The predicted octanol–water partition coefficient (Wildman–Crippen LogP) is 2.08. The van der Waals surface area contributed by atoms with Crippen LogP contribution >= 0.6 is 0 Å². The molecule has 0 aromatic carbocycles. The standard InChI is InChI=1S/C12H21F3N2O/c1-8-3-4-10(9(2)5-8)16-6-11(18)17-7-12(13,14)15/h8-10,16H,3-7H2,1-2H3,(H,17,18). The van der Waals surface area contributed by atoms with Crippen molar-refractivity contribution >= 4 is 5.91 Å². The van der Waals surface area contributed by atoms with E-state index in [2.05, 4.69) is 19.2 Å². The molecule has 18 heavy (non-hydrogen) atoms. The van der Waals surface area contributed by atoms with Crippen LogP contribution in [0.5, 0.6) is 0 Å². The number of hydrogen-bond acceptors (Lipinski definition) is 2. The number of nitrogens with one attached hydrogen (secondary N) is 2. The summed E-state index contributed by atoms with van der Waals surface area (Å²) in [4.78, 5) is 11.2. The lowest BCUT2D eigenvalue weighted by Crippen LogP contribution is -2.45. The second kappa shape index (κ2) is 6.41. The van der Waals surface area contributed by atoms with Crippen molar-refractivity contribution < 1.29 is 18.0 Å². The lowest BCUT2D eigenvalue weighted by Gasteiger charge is -2.33. The van der Waals surface area contributed by atoms with Gasteiger partial charge in [-0.05, 0) is 31.1 Å². The number of halogens is 3. The number of alkyl halides is 3. The van der Waals surface area contributed by atoms with Crippen LogP contribution in [0, 0.1) is 11.8 Å². The average Bonchev–Trinajstić information content (AvgIpc) is 2.24. The Hall–Kier alpha value is -0.780. The van der Waals surface area contributed by atoms with Gasteiger partial charge in [0.25, 0.3) is 0 Å². The van der Waals surface area contributed by atoms with Crippen LogP contribution in [0.2, 0.25) is 0 Å². The van der Waals surface area contributed by atoms with Crippen molar-refractivity contribution in [3.8, 4) is 0 Å². The summed E-state index contributed by atoms with van der Waals surface area (Å²) in [5.41, 5.74) is 0. The van der Waals surface area contributed by atoms with Crippen molar-refractivity contribution in [3.63, 3.8) is 0 Å². The summed E-state index contributed by atoms with van der Waals surface area (Å²) in [6.45, 7) is 3.01. The second-order valence-corrected chi connectivity index (χ2v) is 5.27. The van der Waals surface area contributed by atoms with Crippen molar-refractivity contribution in [1.82, 2.24) is 10.6 Å². The molecule has 0 aliphatic heterocycles. The molecule has 3 nitrogen and oxygen atoms in total. The minimum absolute atomic E-state index is 0.0422. The van der Waals surface area contributed by atoms with Crippen molar-refractivity contribution in [2.75, 3.05) is 13.1 Å². The van der Waals surface area contributed by atoms with E-state index in [0.29, 0.717) is 11.8 Å². The van der Waals surface area contributed by atoms with Gasteiger partial charge >= 0.3 is 6.18 Å². The fourth-order valence-corrected chi connectivity index (χ4v) is 2.45. The number of amides is 1. The molecule has 1 aliphatic carbocycles. The molecule has 0 heterocycles. The lowest BCUT2D eigenvalue weighted by molar-refractivity contribution is -0.138. The van der Waals surface area contributed by atoms with Crippen LogP contribution in [0.25, 0.3) is 0 Å². The average molecular weight is 266 g/mol. The smallest absolute Gasteiger partial charge is 0.346 e. The van der Waals surface area contributed by atoms with E-state index in [-0.39, 0.29) is 12.6 Å². The number of carbonyl (C=O) groups excluding carboxylic acids is 1. The molecule has 1 rings (SSSR count). The van der Waals surface area contributed by atoms with Crippen molar-refractivity contribution in [3.05, 3.63) is 0 Å². The number of carbonyl (C=O) groups is 1. The maximum atomic E-state index is 11.9. The van der Waals surface area contributed by atoms with Crippen LogP contribution in [-0.2, 0) is 4.79 Å². The Balaban J connectivity index is 2.22. The van der Waals surface area contributed by atoms with Crippen LogP contribution in [-0.4, -0.2) is 31.2 Å². The zero-order valence-corrected chi connectivity index (χ0v) is 10.8. The highest BCUT2D eigenvalue weighted by Crippen LogP contribution is 2.28. The monoisotopic (exact) mass is 266 g/mol. The van der Waals surface area contributed by atoms with Gasteiger partial charge in [-0.3, -0.25) is 4.79 Å². The second-order valence-electron chi connectivity index (χ2n) is 5.27. The Morgan fingerprint density at radius 3 is 2.50 bits per heavy atom. The third kappa shape index (κ3) is 5.71. The van der Waals surface area contributed by atoms with E-state index in [9.17, 15) is 18.0 Å². The molecule has 1 amide bonds. The van der Waals surface area contributed by atoms with Crippen LogP contribution in [0.15, 0.2) is 0 Å². The predicted molar refractivity (Wildman–Crippen MR) is 63.0 cm³/mol. The first-order valence-corrected chi connectivity index (χ1v) is 6.34. The zero-order valence-electron chi connectivity index (χ0n) is 10.8. The Bertz CT molecular complexity index is 281. The fourth-order valence-electron chi connectivity index (χ4n) is 2.45.